The first-order chi connectivity index (χ1) is 18.3. The third-order valence-corrected chi connectivity index (χ3v) is 9.70. The van der Waals surface area contributed by atoms with Crippen molar-refractivity contribution in [3.63, 3.8) is 0 Å². The molecule has 1 saturated heterocycles. The maximum Gasteiger partial charge on any atom is 0.291 e. The average molecular weight is 586 g/mol. The molecule has 10 nitrogen and oxygen atoms in total. The van der Waals surface area contributed by atoms with Crippen LogP contribution in [0.3, 0.4) is 0 Å². The van der Waals surface area contributed by atoms with Crippen LogP contribution in [-0.2, 0) is 21.4 Å². The van der Waals surface area contributed by atoms with E-state index in [1.54, 1.807) is 18.7 Å². The molecule has 1 aliphatic carbocycles. The standard InChI is InChI=1S/C24H30F3N7O3S2/c1-5-34-19-14(32-8-10-33(11-9-32)23(35)13(2)3)12-15(39(36,37)31-24(4)6-7-24)17(25)16(19)18(30-34)21-28-29-22(38-21)20(26)27/h12-13,20,31H,5-11H2,1-4H3. The van der Waals surface area contributed by atoms with E-state index in [-0.39, 0.29) is 27.9 Å². The molecule has 3 heterocycles. The van der Waals surface area contributed by atoms with Gasteiger partial charge in [0.15, 0.2) is 15.8 Å². The highest BCUT2D eigenvalue weighted by Gasteiger charge is 2.43. The molecule has 0 radical (unpaired) electrons. The zero-order chi connectivity index (χ0) is 28.3. The highest BCUT2D eigenvalue weighted by Crippen LogP contribution is 2.42. The molecule has 15 heteroatoms. The Hall–Kier alpha value is -2.78. The van der Waals surface area contributed by atoms with E-state index >= 15 is 4.39 Å². The van der Waals surface area contributed by atoms with Gasteiger partial charge in [0.2, 0.25) is 15.9 Å². The molecular weight excluding hydrogens is 555 g/mol. The smallest absolute Gasteiger partial charge is 0.291 e. The summed E-state index contributed by atoms with van der Waals surface area (Å²) in [6.45, 7) is 9.12. The topological polar surface area (TPSA) is 113 Å². The molecular formula is C24H30F3N7O3S2. The van der Waals surface area contributed by atoms with E-state index in [0.29, 0.717) is 68.1 Å². The second-order valence-corrected chi connectivity index (χ2v) is 13.1. The highest BCUT2D eigenvalue weighted by molar-refractivity contribution is 7.89. The molecule has 1 amide bonds. The van der Waals surface area contributed by atoms with Gasteiger partial charge in [-0.05, 0) is 32.8 Å². The zero-order valence-corrected chi connectivity index (χ0v) is 23.7. The summed E-state index contributed by atoms with van der Waals surface area (Å²) < 4.78 is 73.9. The fourth-order valence-electron chi connectivity index (χ4n) is 4.74. The van der Waals surface area contributed by atoms with Gasteiger partial charge in [-0.15, -0.1) is 10.2 Å². The van der Waals surface area contributed by atoms with Gasteiger partial charge < -0.3 is 9.80 Å². The average Bonchev–Trinajstić information content (AvgIpc) is 3.27. The zero-order valence-electron chi connectivity index (χ0n) is 22.0. The van der Waals surface area contributed by atoms with Gasteiger partial charge in [0.25, 0.3) is 6.43 Å². The van der Waals surface area contributed by atoms with Crippen molar-refractivity contribution in [3.8, 4) is 10.7 Å². The van der Waals surface area contributed by atoms with Crippen LogP contribution < -0.4 is 9.62 Å². The van der Waals surface area contributed by atoms with Gasteiger partial charge in [-0.1, -0.05) is 25.2 Å². The summed E-state index contributed by atoms with van der Waals surface area (Å²) in [6.07, 6.45) is -1.59. The lowest BCUT2D eigenvalue weighted by Crippen LogP contribution is -2.50. The Morgan fingerprint density at radius 2 is 1.85 bits per heavy atom. The number of rotatable bonds is 8. The lowest BCUT2D eigenvalue weighted by Gasteiger charge is -2.37. The van der Waals surface area contributed by atoms with Crippen molar-refractivity contribution in [3.05, 3.63) is 16.9 Å². The number of anilines is 1. The minimum Gasteiger partial charge on any atom is -0.366 e. The van der Waals surface area contributed by atoms with Crippen LogP contribution in [0.5, 0.6) is 0 Å². The fourth-order valence-corrected chi connectivity index (χ4v) is 7.00. The number of sulfonamides is 1. The fraction of sp³-hybridized carbons (Fsp3) is 0.583. The number of hydrogen-bond acceptors (Lipinski definition) is 8. The number of carbonyl (C=O) groups is 1. The molecule has 1 N–H and O–H groups in total. The van der Waals surface area contributed by atoms with E-state index in [2.05, 4.69) is 20.0 Å². The van der Waals surface area contributed by atoms with Crippen molar-refractivity contribution >= 4 is 43.9 Å². The minimum atomic E-state index is -4.28. The van der Waals surface area contributed by atoms with Gasteiger partial charge >= 0.3 is 0 Å². The number of carbonyl (C=O) groups excluding carboxylic acids is 1. The molecule has 2 aromatic heterocycles. The van der Waals surface area contributed by atoms with Crippen LogP contribution in [-0.4, -0.2) is 70.9 Å². The highest BCUT2D eigenvalue weighted by atomic mass is 32.2. The molecule has 0 spiro atoms. The number of piperazine rings is 1. The summed E-state index contributed by atoms with van der Waals surface area (Å²) in [6, 6.07) is 1.31. The van der Waals surface area contributed by atoms with Gasteiger partial charge in [-0.3, -0.25) is 9.48 Å². The first-order valence-electron chi connectivity index (χ1n) is 12.8. The molecule has 0 bridgehead atoms. The maximum absolute atomic E-state index is 16.3. The molecule has 1 aliphatic heterocycles. The van der Waals surface area contributed by atoms with Crippen molar-refractivity contribution < 1.29 is 26.4 Å². The molecule has 0 atom stereocenters. The first kappa shape index (κ1) is 27.8. The van der Waals surface area contributed by atoms with E-state index in [9.17, 15) is 22.0 Å². The molecule has 1 aromatic carbocycles. The predicted octanol–water partition coefficient (Wildman–Crippen LogP) is 3.79. The maximum atomic E-state index is 16.3. The number of alkyl halides is 2. The number of aryl methyl sites for hydroxylation is 1. The van der Waals surface area contributed by atoms with Crippen LogP contribution >= 0.6 is 11.3 Å². The van der Waals surface area contributed by atoms with Crippen LogP contribution in [0.2, 0.25) is 0 Å². The molecule has 2 fully saturated rings. The number of halogens is 3. The van der Waals surface area contributed by atoms with Crippen molar-refractivity contribution in [2.75, 3.05) is 31.1 Å². The van der Waals surface area contributed by atoms with Gasteiger partial charge in [0, 0.05) is 44.2 Å². The van der Waals surface area contributed by atoms with E-state index in [1.165, 1.54) is 10.7 Å². The summed E-state index contributed by atoms with van der Waals surface area (Å²) >= 11 is 0.585. The Balaban J connectivity index is 1.68. The Morgan fingerprint density at radius 1 is 1.18 bits per heavy atom. The summed E-state index contributed by atoms with van der Waals surface area (Å²) in [5, 5.41) is 11.1. The number of fused-ring (bicyclic) bond motifs is 1. The minimum absolute atomic E-state index is 0.0241. The molecule has 5 rings (SSSR count). The van der Waals surface area contributed by atoms with E-state index in [0.717, 1.165) is 0 Å². The van der Waals surface area contributed by atoms with E-state index in [1.807, 2.05) is 18.7 Å². The number of nitrogens with one attached hydrogen (secondary N) is 1. The van der Waals surface area contributed by atoms with Crippen LogP contribution in [0.1, 0.15) is 52.0 Å². The van der Waals surface area contributed by atoms with Crippen LogP contribution in [0.25, 0.3) is 21.6 Å². The second kappa shape index (κ2) is 10.0. The largest absolute Gasteiger partial charge is 0.366 e. The number of amides is 1. The predicted molar refractivity (Wildman–Crippen MR) is 141 cm³/mol. The van der Waals surface area contributed by atoms with Crippen LogP contribution in [0.4, 0.5) is 18.9 Å². The summed E-state index contributed by atoms with van der Waals surface area (Å²) in [5.74, 6) is -1.16. The quantitative estimate of drug-likeness (QED) is 0.428. The first-order valence-corrected chi connectivity index (χ1v) is 15.1. The van der Waals surface area contributed by atoms with E-state index in [4.69, 9.17) is 0 Å². The van der Waals surface area contributed by atoms with E-state index < -0.39 is 37.7 Å². The molecule has 212 valence electrons. The number of nitrogens with zero attached hydrogens (tertiary/aromatic N) is 6. The van der Waals surface area contributed by atoms with Crippen LogP contribution in [0, 0.1) is 11.7 Å². The number of aromatic nitrogens is 4. The second-order valence-electron chi connectivity index (χ2n) is 10.5. The Bertz CT molecular complexity index is 1530. The normalized spacial score (nSPS) is 17.6. The molecule has 0 unspecified atom stereocenters. The molecule has 1 saturated carbocycles. The Morgan fingerprint density at radius 3 is 2.38 bits per heavy atom. The summed E-state index contributed by atoms with van der Waals surface area (Å²) in [5.41, 5.74) is 0.0753. The van der Waals surface area contributed by atoms with Crippen molar-refractivity contribution in [2.45, 2.75) is 63.9 Å². The summed E-state index contributed by atoms with van der Waals surface area (Å²) in [4.78, 5) is 15.6. The lowest BCUT2D eigenvalue weighted by molar-refractivity contribution is -0.134. The molecule has 2 aliphatic rings. The van der Waals surface area contributed by atoms with Crippen molar-refractivity contribution in [1.82, 2.24) is 29.6 Å². The van der Waals surface area contributed by atoms with Gasteiger partial charge in [0.1, 0.15) is 10.6 Å². The Labute approximate surface area is 228 Å². The van der Waals surface area contributed by atoms with Gasteiger partial charge in [-0.2, -0.15) is 5.10 Å². The molecule has 3 aromatic rings. The Kier molecular flexibility index (Phi) is 7.12. The van der Waals surface area contributed by atoms with Crippen molar-refractivity contribution in [2.24, 2.45) is 5.92 Å². The SMILES string of the molecule is CCn1nc(-c2nnc(C(F)F)s2)c2c(F)c(S(=O)(=O)NC3(C)CC3)cc(N3CCN(C(=O)C(C)C)CC3)c21. The van der Waals surface area contributed by atoms with Gasteiger partial charge in [-0.25, -0.2) is 26.3 Å². The van der Waals surface area contributed by atoms with Gasteiger partial charge in [0.05, 0.1) is 16.6 Å². The lowest BCUT2D eigenvalue weighted by atomic mass is 10.1. The third-order valence-electron chi connectivity index (χ3n) is 7.12. The number of benzene rings is 1. The number of hydrogen-bond donors (Lipinski definition) is 1. The summed E-state index contributed by atoms with van der Waals surface area (Å²) in [7, 11) is -4.28. The monoisotopic (exact) mass is 585 g/mol. The third kappa shape index (κ3) is 5.11. The van der Waals surface area contributed by atoms with Crippen LogP contribution in [0.15, 0.2) is 11.0 Å². The van der Waals surface area contributed by atoms with Crippen molar-refractivity contribution in [1.29, 1.82) is 0 Å². The molecule has 39 heavy (non-hydrogen) atoms.